The van der Waals surface area contributed by atoms with Crippen molar-refractivity contribution in [2.45, 2.75) is 0 Å². The summed E-state index contributed by atoms with van der Waals surface area (Å²) in [5.74, 6) is 0. The Morgan fingerprint density at radius 1 is 1.28 bits per heavy atom. The highest BCUT2D eigenvalue weighted by Gasteiger charge is 2.50. The predicted molar refractivity (Wildman–Crippen MR) is 65.6 cm³/mol. The molecule has 1 aliphatic heterocycles. The lowest BCUT2D eigenvalue weighted by atomic mass is 13.6. The van der Waals surface area contributed by atoms with Crippen molar-refractivity contribution >= 4 is 50.4 Å². The lowest BCUT2D eigenvalue weighted by Gasteiger charge is -2.25. The van der Waals surface area contributed by atoms with Gasteiger partial charge in [0.15, 0.2) is 0 Å². The molecule has 0 radical (unpaired) electrons. The van der Waals surface area contributed by atoms with Crippen LogP contribution >= 0.6 is 50.4 Å². The van der Waals surface area contributed by atoms with Gasteiger partial charge in [-0.1, -0.05) is 0 Å². The lowest BCUT2D eigenvalue weighted by Crippen LogP contribution is -2.09. The third-order valence-electron chi connectivity index (χ3n) is 1.11. The Morgan fingerprint density at radius 2 is 1.94 bits per heavy atom. The molecule has 18 heavy (non-hydrogen) atoms. The number of halogens is 6. The molecule has 1 aromatic heterocycles. The van der Waals surface area contributed by atoms with Crippen LogP contribution in [0.2, 0.25) is 0 Å². The molecule has 0 amide bonds. The molecule has 0 saturated heterocycles. The average Bonchev–Trinajstić information content (AvgIpc) is 2.37. The van der Waals surface area contributed by atoms with Crippen LogP contribution in [0.1, 0.15) is 0 Å². The highest BCUT2D eigenvalue weighted by molar-refractivity contribution is 7.77. The summed E-state index contributed by atoms with van der Waals surface area (Å²) in [6.45, 7) is 0. The maximum absolute atomic E-state index is 12.1. The van der Waals surface area contributed by atoms with Crippen LogP contribution in [-0.4, -0.2) is 22.9 Å². The third kappa shape index (κ3) is 4.77. The largest absolute Gasteiger partial charge is 0.408 e. The molecule has 0 aliphatic carbocycles. The molecule has 2 heterocycles. The van der Waals surface area contributed by atoms with Gasteiger partial charge < -0.3 is 9.02 Å². The summed E-state index contributed by atoms with van der Waals surface area (Å²) in [7, 11) is -11.2. The smallest absolute Gasteiger partial charge is 0.313 e. The van der Waals surface area contributed by atoms with E-state index < -0.39 is 34.2 Å². The van der Waals surface area contributed by atoms with Crippen molar-refractivity contribution in [1.82, 2.24) is 22.9 Å². The predicted octanol–water partition coefficient (Wildman–Crippen LogP) is 6.16. The first-order chi connectivity index (χ1) is 8.36. The molecule has 0 aromatic carbocycles. The van der Waals surface area contributed by atoms with Gasteiger partial charge in [0.1, 0.15) is 8.51 Å². The van der Waals surface area contributed by atoms with Gasteiger partial charge in [-0.2, -0.15) is 25.8 Å². The molecular weight excluding hydrogens is 384 g/mol. The Hall–Kier alpha value is 0.890. The van der Waals surface area contributed by atoms with Crippen molar-refractivity contribution in [1.29, 1.82) is 0 Å². The summed E-state index contributed by atoms with van der Waals surface area (Å²) >= 11 is 0. The minimum Gasteiger partial charge on any atom is -0.313 e. The maximum atomic E-state index is 12.1. The summed E-state index contributed by atoms with van der Waals surface area (Å²) < 4.78 is 81.5. The number of nitrogens with one attached hydrogen (secondary N) is 2. The monoisotopic (exact) mass is 388 g/mol. The number of H-pyrrole nitrogens is 2. The Balaban J connectivity index is 0.000000225. The van der Waals surface area contributed by atoms with Gasteiger partial charge in [0.2, 0.25) is 0 Å². The zero-order valence-electron chi connectivity index (χ0n) is 7.85. The summed E-state index contributed by atoms with van der Waals surface area (Å²) in [5, 5.41) is 0. The van der Waals surface area contributed by atoms with E-state index in [4.69, 9.17) is 0 Å². The molecule has 1 aliphatic rings. The summed E-state index contributed by atoms with van der Waals surface area (Å²) in [6.07, 6.45) is 0. The fourth-order valence-corrected chi connectivity index (χ4v) is 6.98. The maximum Gasteiger partial charge on any atom is 0.408 e. The molecule has 0 spiro atoms. The van der Waals surface area contributed by atoms with Crippen molar-refractivity contribution in [2.75, 3.05) is 0 Å². The van der Waals surface area contributed by atoms with E-state index in [0.717, 1.165) is 8.51 Å². The van der Waals surface area contributed by atoms with E-state index >= 15 is 0 Å². The molecular formula is H4F6N6P6. The second kappa shape index (κ2) is 7.61. The number of aromatic nitrogens is 3. The molecule has 2 rings (SSSR count). The van der Waals surface area contributed by atoms with Crippen LogP contribution in [-0.2, 0) is 0 Å². The number of aromatic amines is 2. The van der Waals surface area contributed by atoms with Crippen LogP contribution in [0.15, 0.2) is 4.52 Å². The summed E-state index contributed by atoms with van der Waals surface area (Å²) in [6, 6.07) is 0. The van der Waals surface area contributed by atoms with E-state index in [1.165, 1.54) is 0 Å². The zero-order valence-corrected chi connectivity index (χ0v) is 13.4. The average molecular weight is 388 g/mol. The van der Waals surface area contributed by atoms with Crippen LogP contribution in [0.4, 0.5) is 25.8 Å². The molecule has 1 aromatic rings. The molecule has 0 bridgehead atoms. The first-order valence-electron chi connectivity index (χ1n) is 3.61. The van der Waals surface area contributed by atoms with Crippen molar-refractivity contribution in [2.24, 2.45) is 4.52 Å². The molecule has 106 valence electrons. The summed E-state index contributed by atoms with van der Waals surface area (Å²) in [4.78, 5) is 0. The van der Waals surface area contributed by atoms with Crippen molar-refractivity contribution in [3.63, 3.8) is 0 Å². The molecule has 0 fully saturated rings. The van der Waals surface area contributed by atoms with Gasteiger partial charge in [-0.05, 0) is 4.66 Å². The van der Waals surface area contributed by atoms with Gasteiger partial charge in [0.25, 0.3) is 0 Å². The standard InChI is InChI=1S/F6N3P3.H4N3P3/c1-8-10(3)7-12(5,6)9(2)11(8)4;1-4-2-6-3-5-1/h;1,4-5H,(H,2,3). The Kier molecular flexibility index (Phi) is 7.17. The van der Waals surface area contributed by atoms with Crippen molar-refractivity contribution < 1.29 is 25.8 Å². The molecule has 4 unspecified atom stereocenters. The van der Waals surface area contributed by atoms with Crippen molar-refractivity contribution in [3.8, 4) is 0 Å². The van der Waals surface area contributed by atoms with E-state index in [-0.39, 0.29) is 0 Å². The van der Waals surface area contributed by atoms with Gasteiger partial charge in [-0.25, -0.2) is 0 Å². The second-order valence-electron chi connectivity index (χ2n) is 2.18. The normalized spacial score (nSPS) is 29.2. The Labute approximate surface area is 104 Å². The second-order valence-corrected chi connectivity index (χ2v) is 10.2. The van der Waals surface area contributed by atoms with E-state index in [0.29, 0.717) is 17.0 Å². The lowest BCUT2D eigenvalue weighted by molar-refractivity contribution is 0.181. The number of hydrogen-bond acceptors (Lipinski definition) is 4. The molecule has 18 heteroatoms. The van der Waals surface area contributed by atoms with E-state index in [9.17, 15) is 25.8 Å². The van der Waals surface area contributed by atoms with E-state index in [1.54, 1.807) is 0 Å². The molecule has 2 N–H and O–H groups in total. The Bertz CT molecular complexity index is 384. The molecule has 6 nitrogen and oxygen atoms in total. The van der Waals surface area contributed by atoms with Gasteiger partial charge in [-0.3, -0.25) is 0 Å². The SMILES string of the molecule is FN1P(F)N=P(F)(F)N(F)P1F.n1p[nH][pH][nH][pH]1. The number of nitrogens with zero attached hydrogens (tertiary/aromatic N) is 4. The minimum atomic E-state index is -5.76. The van der Waals surface area contributed by atoms with Crippen molar-refractivity contribution in [3.05, 3.63) is 0 Å². The quantitative estimate of drug-likeness (QED) is 0.318. The third-order valence-corrected chi connectivity index (χ3v) is 8.35. The van der Waals surface area contributed by atoms with E-state index in [2.05, 4.69) is 13.5 Å². The topological polar surface area (TPSA) is 63.3 Å². The van der Waals surface area contributed by atoms with Gasteiger partial charge in [-0.15, -0.1) is 8.96 Å². The van der Waals surface area contributed by atoms with Crippen LogP contribution in [0.5, 0.6) is 0 Å². The molecule has 4 atom stereocenters. The summed E-state index contributed by atoms with van der Waals surface area (Å²) in [5.41, 5.74) is 0. The first kappa shape index (κ1) is 16.9. The highest BCUT2D eigenvalue weighted by Crippen LogP contribution is 2.80. The van der Waals surface area contributed by atoms with Gasteiger partial charge in [0, 0.05) is 21.7 Å². The van der Waals surface area contributed by atoms with Gasteiger partial charge >= 0.3 is 24.9 Å². The van der Waals surface area contributed by atoms with Gasteiger partial charge in [0.05, 0.1) is 0 Å². The van der Waals surface area contributed by atoms with Crippen LogP contribution in [0.3, 0.4) is 0 Å². The fraction of sp³-hybridized carbons (Fsp3) is 0. The zero-order chi connectivity index (χ0) is 13.8. The first-order valence-corrected chi connectivity index (χ1v) is 10.2. The van der Waals surface area contributed by atoms with Crippen LogP contribution in [0, 0.1) is 0 Å². The van der Waals surface area contributed by atoms with E-state index in [1.807, 2.05) is 4.52 Å². The fourth-order valence-electron chi connectivity index (χ4n) is 0.521. The minimum absolute atomic E-state index is 0.614. The Morgan fingerprint density at radius 3 is 2.33 bits per heavy atom. The van der Waals surface area contributed by atoms with Crippen LogP contribution in [0.25, 0.3) is 0 Å². The number of rotatable bonds is 0. The highest BCUT2D eigenvalue weighted by atomic mass is 31.3. The van der Waals surface area contributed by atoms with Crippen LogP contribution < -0.4 is 0 Å². The number of hydrogen-bond donors (Lipinski definition) is 2. The molecule has 0 saturated carbocycles.